The fraction of sp³-hybridized carbons (Fsp3) is 0.333. The lowest BCUT2D eigenvalue weighted by molar-refractivity contribution is -0.126. The third kappa shape index (κ3) is 5.45. The number of carbonyl (C=O) groups is 2. The zero-order valence-electron chi connectivity index (χ0n) is 19.5. The number of carbonyl (C=O) groups excluding carboxylic acids is 2. The van der Waals surface area contributed by atoms with Crippen molar-refractivity contribution in [2.75, 3.05) is 19.0 Å². The lowest BCUT2D eigenvalue weighted by Gasteiger charge is -2.32. The Balaban J connectivity index is 1.76. The van der Waals surface area contributed by atoms with Crippen LogP contribution in [0.1, 0.15) is 53.4 Å². The molecule has 1 atom stereocenters. The molecule has 1 fully saturated rings. The van der Waals surface area contributed by atoms with E-state index in [1.807, 2.05) is 61.5 Å². The average Bonchev–Trinajstić information content (AvgIpc) is 3.54. The van der Waals surface area contributed by atoms with Gasteiger partial charge in [0.05, 0.1) is 6.26 Å². The third-order valence-electron chi connectivity index (χ3n) is 6.28. The molecular weight excluding hydrogens is 450 g/mol. The molecule has 7 heteroatoms. The van der Waals surface area contributed by atoms with Gasteiger partial charge in [-0.3, -0.25) is 9.59 Å². The van der Waals surface area contributed by atoms with E-state index in [0.29, 0.717) is 5.02 Å². The fourth-order valence-electron chi connectivity index (χ4n) is 4.41. The topological polar surface area (TPSA) is 65.8 Å². The lowest BCUT2D eigenvalue weighted by Crippen LogP contribution is -2.45. The Labute approximate surface area is 205 Å². The molecule has 2 aromatic carbocycles. The first-order valence-corrected chi connectivity index (χ1v) is 12.0. The Bertz CT molecular complexity index is 1110. The summed E-state index contributed by atoms with van der Waals surface area (Å²) in [6.07, 6.45) is 5.56. The van der Waals surface area contributed by atoms with Gasteiger partial charge in [-0.05, 0) is 54.3 Å². The second-order valence-electron chi connectivity index (χ2n) is 8.88. The number of hydrogen-bond acceptors (Lipinski definition) is 4. The minimum absolute atomic E-state index is 0.122. The van der Waals surface area contributed by atoms with E-state index in [1.165, 1.54) is 6.26 Å². The Morgan fingerprint density at radius 1 is 1.03 bits per heavy atom. The number of furan rings is 1. The molecule has 178 valence electrons. The highest BCUT2D eigenvalue weighted by atomic mass is 35.5. The van der Waals surface area contributed by atoms with Gasteiger partial charge in [-0.25, -0.2) is 0 Å². The van der Waals surface area contributed by atoms with E-state index in [1.54, 1.807) is 23.1 Å². The minimum atomic E-state index is -0.842. The van der Waals surface area contributed by atoms with E-state index in [9.17, 15) is 9.59 Å². The van der Waals surface area contributed by atoms with Crippen LogP contribution in [0, 0.1) is 0 Å². The highest BCUT2D eigenvalue weighted by Crippen LogP contribution is 2.30. The van der Waals surface area contributed by atoms with Crippen LogP contribution in [0.4, 0.5) is 5.69 Å². The first kappa shape index (κ1) is 23.9. The standard InChI is InChI=1S/C27H30ClN3O3/c1-30(2)22-15-13-19(14-16-22)25(26(32)29-21-9-4-5-10-21)31(27(33)24-12-7-17-34-24)18-20-8-3-6-11-23(20)28/h3,6-8,11-17,21,25H,4-5,9-10,18H2,1-2H3,(H,29,32). The molecule has 0 aliphatic heterocycles. The Kier molecular flexibility index (Phi) is 7.58. The number of amides is 2. The van der Waals surface area contributed by atoms with Crippen LogP contribution >= 0.6 is 11.6 Å². The highest BCUT2D eigenvalue weighted by Gasteiger charge is 2.35. The molecule has 1 aliphatic carbocycles. The molecule has 0 spiro atoms. The van der Waals surface area contributed by atoms with Crippen molar-refractivity contribution in [2.45, 2.75) is 44.3 Å². The van der Waals surface area contributed by atoms with Gasteiger partial charge in [0, 0.05) is 37.4 Å². The summed E-state index contributed by atoms with van der Waals surface area (Å²) in [5, 5.41) is 3.73. The van der Waals surface area contributed by atoms with Crippen molar-refractivity contribution in [1.29, 1.82) is 0 Å². The van der Waals surface area contributed by atoms with Gasteiger partial charge in [0.15, 0.2) is 5.76 Å². The minimum Gasteiger partial charge on any atom is -0.459 e. The highest BCUT2D eigenvalue weighted by molar-refractivity contribution is 6.31. The molecular formula is C27H30ClN3O3. The molecule has 1 N–H and O–H groups in total. The number of rotatable bonds is 8. The smallest absolute Gasteiger partial charge is 0.290 e. The number of nitrogens with one attached hydrogen (secondary N) is 1. The number of hydrogen-bond donors (Lipinski definition) is 1. The summed E-state index contributed by atoms with van der Waals surface area (Å²) in [6, 6.07) is 17.6. The van der Waals surface area contributed by atoms with Crippen LogP contribution in [0.15, 0.2) is 71.3 Å². The SMILES string of the molecule is CN(C)c1ccc(C(C(=O)NC2CCCC2)N(Cc2ccccc2Cl)C(=O)c2ccco2)cc1. The summed E-state index contributed by atoms with van der Waals surface area (Å²) in [7, 11) is 3.92. The first-order chi connectivity index (χ1) is 16.4. The Morgan fingerprint density at radius 2 is 1.74 bits per heavy atom. The third-order valence-corrected chi connectivity index (χ3v) is 6.65. The van der Waals surface area contributed by atoms with Crippen molar-refractivity contribution in [3.05, 3.63) is 88.8 Å². The van der Waals surface area contributed by atoms with E-state index < -0.39 is 6.04 Å². The molecule has 0 radical (unpaired) electrons. The fourth-order valence-corrected chi connectivity index (χ4v) is 4.61. The summed E-state index contributed by atoms with van der Waals surface area (Å²) >= 11 is 6.45. The van der Waals surface area contributed by atoms with Crippen molar-refractivity contribution in [1.82, 2.24) is 10.2 Å². The van der Waals surface area contributed by atoms with Crippen LogP contribution in [-0.2, 0) is 11.3 Å². The number of anilines is 1. The van der Waals surface area contributed by atoms with Crippen LogP contribution < -0.4 is 10.2 Å². The largest absolute Gasteiger partial charge is 0.459 e. The quantitative estimate of drug-likeness (QED) is 0.467. The Morgan fingerprint density at radius 3 is 2.35 bits per heavy atom. The van der Waals surface area contributed by atoms with Gasteiger partial charge in [0.2, 0.25) is 5.91 Å². The van der Waals surface area contributed by atoms with Gasteiger partial charge in [-0.1, -0.05) is 54.8 Å². The van der Waals surface area contributed by atoms with E-state index in [2.05, 4.69) is 5.32 Å². The van der Waals surface area contributed by atoms with Crippen LogP contribution in [-0.4, -0.2) is 36.9 Å². The molecule has 4 rings (SSSR count). The zero-order chi connectivity index (χ0) is 24.1. The molecule has 0 saturated heterocycles. The second kappa shape index (κ2) is 10.8. The van der Waals surface area contributed by atoms with Crippen LogP contribution in [0.5, 0.6) is 0 Å². The first-order valence-electron chi connectivity index (χ1n) is 11.6. The van der Waals surface area contributed by atoms with Crippen molar-refractivity contribution >= 4 is 29.1 Å². The normalized spacial score (nSPS) is 14.6. The maximum Gasteiger partial charge on any atom is 0.290 e. The number of nitrogens with zero attached hydrogens (tertiary/aromatic N) is 2. The van der Waals surface area contributed by atoms with E-state index in [0.717, 1.165) is 42.5 Å². The molecule has 1 aliphatic rings. The molecule has 2 amide bonds. The van der Waals surface area contributed by atoms with Crippen LogP contribution in [0.3, 0.4) is 0 Å². The van der Waals surface area contributed by atoms with Crippen LogP contribution in [0.2, 0.25) is 5.02 Å². The van der Waals surface area contributed by atoms with Crippen molar-refractivity contribution in [2.24, 2.45) is 0 Å². The molecule has 1 aromatic heterocycles. The average molecular weight is 480 g/mol. The summed E-state index contributed by atoms with van der Waals surface area (Å²) in [5.74, 6) is -0.389. The van der Waals surface area contributed by atoms with Crippen molar-refractivity contribution in [3.63, 3.8) is 0 Å². The molecule has 6 nitrogen and oxygen atoms in total. The monoisotopic (exact) mass is 479 g/mol. The van der Waals surface area contributed by atoms with Gasteiger partial charge < -0.3 is 19.5 Å². The Hall–Kier alpha value is -3.25. The van der Waals surface area contributed by atoms with Gasteiger partial charge in [0.25, 0.3) is 5.91 Å². The predicted octanol–water partition coefficient (Wildman–Crippen LogP) is 5.44. The van der Waals surface area contributed by atoms with Gasteiger partial charge >= 0.3 is 0 Å². The molecule has 1 heterocycles. The second-order valence-corrected chi connectivity index (χ2v) is 9.29. The van der Waals surface area contributed by atoms with Crippen LogP contribution in [0.25, 0.3) is 0 Å². The maximum absolute atomic E-state index is 13.7. The number of halogens is 1. The summed E-state index contributed by atoms with van der Waals surface area (Å²) in [5.41, 5.74) is 2.49. The van der Waals surface area contributed by atoms with E-state index in [4.69, 9.17) is 16.0 Å². The predicted molar refractivity (Wildman–Crippen MR) is 134 cm³/mol. The van der Waals surface area contributed by atoms with Gasteiger partial charge in [-0.15, -0.1) is 0 Å². The zero-order valence-corrected chi connectivity index (χ0v) is 20.3. The van der Waals surface area contributed by atoms with E-state index >= 15 is 0 Å². The van der Waals surface area contributed by atoms with Gasteiger partial charge in [-0.2, -0.15) is 0 Å². The van der Waals surface area contributed by atoms with Gasteiger partial charge in [0.1, 0.15) is 6.04 Å². The molecule has 0 bridgehead atoms. The molecule has 1 saturated carbocycles. The molecule has 1 unspecified atom stereocenters. The molecule has 34 heavy (non-hydrogen) atoms. The lowest BCUT2D eigenvalue weighted by atomic mass is 10.0. The van der Waals surface area contributed by atoms with Crippen molar-refractivity contribution in [3.8, 4) is 0 Å². The van der Waals surface area contributed by atoms with Crippen molar-refractivity contribution < 1.29 is 14.0 Å². The summed E-state index contributed by atoms with van der Waals surface area (Å²) in [6.45, 7) is 0.164. The van der Waals surface area contributed by atoms with E-state index in [-0.39, 0.29) is 30.2 Å². The number of benzene rings is 2. The molecule has 3 aromatic rings. The summed E-state index contributed by atoms with van der Waals surface area (Å²) in [4.78, 5) is 30.9. The maximum atomic E-state index is 13.7. The summed E-state index contributed by atoms with van der Waals surface area (Å²) < 4.78 is 5.43.